The van der Waals surface area contributed by atoms with Gasteiger partial charge in [-0.05, 0) is 18.6 Å². The molecule has 0 amide bonds. The Hall–Kier alpha value is -2.62. The summed E-state index contributed by atoms with van der Waals surface area (Å²) in [5.74, 6) is 0. The molecule has 0 fully saturated rings. The predicted molar refractivity (Wildman–Crippen MR) is 103 cm³/mol. The molecule has 1 heterocycles. The van der Waals surface area contributed by atoms with Gasteiger partial charge >= 0.3 is 0 Å². The lowest BCUT2D eigenvalue weighted by Gasteiger charge is -2.30. The van der Waals surface area contributed by atoms with Gasteiger partial charge < -0.3 is 10.6 Å². The molecular weight excluding hydrogens is 296 g/mol. The SMILES string of the molecule is C1=CC=C2[N-]CCC[N-]C3=CC=CC=CC3=NCCCN=C2C=C1. The average Bonchev–Trinajstić information content (AvgIpc) is 2.95. The molecule has 0 saturated carbocycles. The van der Waals surface area contributed by atoms with E-state index in [0.29, 0.717) is 0 Å². The maximum absolute atomic E-state index is 4.71. The van der Waals surface area contributed by atoms with Crippen LogP contribution in [-0.4, -0.2) is 37.6 Å². The van der Waals surface area contributed by atoms with Crippen molar-refractivity contribution in [2.45, 2.75) is 12.8 Å². The topological polar surface area (TPSA) is 52.9 Å². The van der Waals surface area contributed by atoms with Crippen LogP contribution in [0.4, 0.5) is 0 Å². The summed E-state index contributed by atoms with van der Waals surface area (Å²) in [6.45, 7) is 3.01. The first-order valence-electron chi connectivity index (χ1n) is 8.48. The molecular formula is C20H22N4-2. The fraction of sp³-hybridized carbons (Fsp3) is 0.300. The highest BCUT2D eigenvalue weighted by Crippen LogP contribution is 2.17. The zero-order valence-electron chi connectivity index (χ0n) is 13.8. The van der Waals surface area contributed by atoms with Gasteiger partial charge in [-0.2, -0.15) is 0 Å². The fourth-order valence-corrected chi connectivity index (χ4v) is 2.53. The third-order valence-electron chi connectivity index (χ3n) is 3.75. The van der Waals surface area contributed by atoms with E-state index in [1.165, 1.54) is 0 Å². The van der Waals surface area contributed by atoms with Crippen molar-refractivity contribution < 1.29 is 0 Å². The Bertz CT molecular complexity index is 626. The molecule has 0 bridgehead atoms. The van der Waals surface area contributed by atoms with Gasteiger partial charge in [-0.15, -0.1) is 24.5 Å². The Balaban J connectivity index is 1.75. The second-order valence-electron chi connectivity index (χ2n) is 5.60. The molecule has 0 unspecified atom stereocenters. The molecule has 0 atom stereocenters. The minimum absolute atomic E-state index is 0.751. The lowest BCUT2D eigenvalue weighted by molar-refractivity contribution is 0.845. The Morgan fingerprint density at radius 2 is 1.17 bits per heavy atom. The monoisotopic (exact) mass is 318 g/mol. The summed E-state index contributed by atoms with van der Waals surface area (Å²) in [7, 11) is 0. The van der Waals surface area contributed by atoms with Crippen LogP contribution in [0.2, 0.25) is 0 Å². The van der Waals surface area contributed by atoms with Gasteiger partial charge in [0.25, 0.3) is 0 Å². The summed E-state index contributed by atoms with van der Waals surface area (Å²) in [5.41, 5.74) is 3.84. The summed E-state index contributed by atoms with van der Waals surface area (Å²) in [6, 6.07) is 0. The lowest BCUT2D eigenvalue weighted by Crippen LogP contribution is -2.06. The molecule has 0 radical (unpaired) electrons. The summed E-state index contributed by atoms with van der Waals surface area (Å²) < 4.78 is 0. The van der Waals surface area contributed by atoms with Crippen LogP contribution in [0.5, 0.6) is 0 Å². The third-order valence-corrected chi connectivity index (χ3v) is 3.75. The van der Waals surface area contributed by atoms with Gasteiger partial charge in [0.2, 0.25) is 0 Å². The number of hydrogen-bond acceptors (Lipinski definition) is 2. The van der Waals surface area contributed by atoms with Crippen LogP contribution in [0.1, 0.15) is 12.8 Å². The number of fused-ring (bicyclic) bond motifs is 2. The van der Waals surface area contributed by atoms with Crippen LogP contribution in [0, 0.1) is 0 Å². The third kappa shape index (κ3) is 4.69. The number of hydrogen-bond donors (Lipinski definition) is 0. The number of rotatable bonds is 0. The summed E-state index contributed by atoms with van der Waals surface area (Å²) in [6.07, 6.45) is 22.0. The highest BCUT2D eigenvalue weighted by molar-refractivity contribution is 6.11. The van der Waals surface area contributed by atoms with Crippen LogP contribution in [0.15, 0.2) is 82.1 Å². The van der Waals surface area contributed by atoms with Crippen molar-refractivity contribution in [3.63, 3.8) is 0 Å². The molecule has 24 heavy (non-hydrogen) atoms. The Kier molecular flexibility index (Phi) is 6.00. The van der Waals surface area contributed by atoms with E-state index in [1.807, 2.05) is 60.8 Å². The molecule has 1 aliphatic heterocycles. The van der Waals surface area contributed by atoms with E-state index in [9.17, 15) is 0 Å². The van der Waals surface area contributed by atoms with E-state index in [-0.39, 0.29) is 0 Å². The maximum Gasteiger partial charge on any atom is 0.0425 e. The van der Waals surface area contributed by atoms with E-state index in [1.54, 1.807) is 0 Å². The van der Waals surface area contributed by atoms with Gasteiger partial charge in [0.05, 0.1) is 0 Å². The largest absolute Gasteiger partial charge is 0.683 e. The van der Waals surface area contributed by atoms with Gasteiger partial charge in [0.15, 0.2) is 0 Å². The standard InChI is InChI=1S/C20H22N4/c1-3-9-17-18(10-4-1)22-14-8-16-24-20-12-6-2-5-11-19(20)23-15-7-13-21-17/h1-6,9-12H,7-8,13-16H2/q-2. The average molecular weight is 318 g/mol. The van der Waals surface area contributed by atoms with Crippen LogP contribution in [0.25, 0.3) is 10.6 Å². The first kappa shape index (κ1) is 16.2. The van der Waals surface area contributed by atoms with Gasteiger partial charge in [0, 0.05) is 24.5 Å². The van der Waals surface area contributed by atoms with Crippen LogP contribution >= 0.6 is 0 Å². The second-order valence-corrected chi connectivity index (χ2v) is 5.60. The van der Waals surface area contributed by atoms with Gasteiger partial charge in [0.1, 0.15) is 0 Å². The Morgan fingerprint density at radius 1 is 0.625 bits per heavy atom. The number of aliphatic imine (C=N–C) groups is 2. The quantitative estimate of drug-likeness (QED) is 0.634. The molecule has 0 aromatic rings. The first-order chi connectivity index (χ1) is 11.9. The van der Waals surface area contributed by atoms with Crippen molar-refractivity contribution in [1.29, 1.82) is 0 Å². The van der Waals surface area contributed by atoms with Crippen molar-refractivity contribution in [2.24, 2.45) is 9.98 Å². The van der Waals surface area contributed by atoms with Crippen molar-refractivity contribution in [2.75, 3.05) is 26.2 Å². The van der Waals surface area contributed by atoms with Crippen molar-refractivity contribution >= 4 is 11.4 Å². The highest BCUT2D eigenvalue weighted by Gasteiger charge is 1.99. The molecule has 3 rings (SSSR count). The molecule has 0 aromatic heterocycles. The lowest BCUT2D eigenvalue weighted by atomic mass is 10.2. The second kappa shape index (κ2) is 8.87. The van der Waals surface area contributed by atoms with E-state index in [2.05, 4.69) is 0 Å². The van der Waals surface area contributed by atoms with E-state index in [4.69, 9.17) is 20.6 Å². The van der Waals surface area contributed by atoms with E-state index < -0.39 is 0 Å². The molecule has 0 aromatic carbocycles. The van der Waals surface area contributed by atoms with E-state index >= 15 is 0 Å². The summed E-state index contributed by atoms with van der Waals surface area (Å²) in [5, 5.41) is 9.41. The maximum atomic E-state index is 4.71. The molecule has 3 aliphatic rings. The summed E-state index contributed by atoms with van der Waals surface area (Å²) in [4.78, 5) is 9.41. The fourth-order valence-electron chi connectivity index (χ4n) is 2.53. The van der Waals surface area contributed by atoms with Crippen LogP contribution < -0.4 is 0 Å². The summed E-state index contributed by atoms with van der Waals surface area (Å²) >= 11 is 0. The van der Waals surface area contributed by atoms with Crippen molar-refractivity contribution in [1.82, 2.24) is 0 Å². The molecule has 2 aliphatic carbocycles. The zero-order chi connectivity index (χ0) is 16.5. The first-order valence-corrected chi connectivity index (χ1v) is 8.48. The minimum atomic E-state index is 0.751. The molecule has 124 valence electrons. The van der Waals surface area contributed by atoms with E-state index in [0.717, 1.165) is 61.8 Å². The molecule has 4 nitrogen and oxygen atoms in total. The Morgan fingerprint density at radius 3 is 1.71 bits per heavy atom. The van der Waals surface area contributed by atoms with Gasteiger partial charge in [-0.25, -0.2) is 0 Å². The van der Waals surface area contributed by atoms with Crippen molar-refractivity contribution in [3.05, 3.63) is 82.8 Å². The normalized spacial score (nSPS) is 21.3. The Labute approximate surface area is 143 Å². The number of nitrogens with zero attached hydrogens (tertiary/aromatic N) is 4. The number of allylic oxidation sites excluding steroid dienone is 10. The molecule has 0 spiro atoms. The van der Waals surface area contributed by atoms with Gasteiger partial charge in [-0.1, -0.05) is 55.0 Å². The van der Waals surface area contributed by atoms with Gasteiger partial charge in [-0.3, -0.25) is 9.98 Å². The zero-order valence-corrected chi connectivity index (χ0v) is 13.8. The smallest absolute Gasteiger partial charge is 0.0425 e. The van der Waals surface area contributed by atoms with Crippen molar-refractivity contribution in [3.8, 4) is 0 Å². The molecule has 0 saturated heterocycles. The minimum Gasteiger partial charge on any atom is -0.683 e. The molecule has 0 N–H and O–H groups in total. The van der Waals surface area contributed by atoms with Crippen LogP contribution in [0.3, 0.4) is 0 Å². The molecule has 4 heteroatoms. The van der Waals surface area contributed by atoms with Crippen LogP contribution in [-0.2, 0) is 0 Å². The highest BCUT2D eigenvalue weighted by atomic mass is 14.9. The predicted octanol–water partition coefficient (Wildman–Crippen LogP) is 4.43.